The van der Waals surface area contributed by atoms with E-state index >= 15 is 0 Å². The zero-order valence-electron chi connectivity index (χ0n) is 18.9. The number of hydrogen-bond donors (Lipinski definition) is 2. The summed E-state index contributed by atoms with van der Waals surface area (Å²) in [6.45, 7) is 1.76. The average Bonchev–Trinajstić information content (AvgIpc) is 2.86. The highest BCUT2D eigenvalue weighted by atomic mass is 16.5. The van der Waals surface area contributed by atoms with Crippen LogP contribution in [0.5, 0.6) is 5.75 Å². The van der Waals surface area contributed by atoms with Crippen LogP contribution >= 0.6 is 0 Å². The summed E-state index contributed by atoms with van der Waals surface area (Å²) in [5.41, 5.74) is 3.51. The summed E-state index contributed by atoms with van der Waals surface area (Å²) >= 11 is 0. The molecule has 0 spiro atoms. The van der Waals surface area contributed by atoms with Crippen molar-refractivity contribution in [2.75, 3.05) is 30.3 Å². The number of fused-ring (bicyclic) bond motifs is 2. The highest BCUT2D eigenvalue weighted by Gasteiger charge is 2.33. The van der Waals surface area contributed by atoms with Gasteiger partial charge >= 0.3 is 6.03 Å². The van der Waals surface area contributed by atoms with E-state index in [1.54, 1.807) is 18.5 Å². The highest BCUT2D eigenvalue weighted by molar-refractivity contribution is 5.93. The first-order chi connectivity index (χ1) is 16.7. The number of aromatic nitrogens is 1. The second kappa shape index (κ2) is 9.95. The molecule has 1 fully saturated rings. The lowest BCUT2D eigenvalue weighted by atomic mass is 9.81. The molecule has 1 aromatic heterocycles. The molecule has 3 amide bonds. The van der Waals surface area contributed by atoms with Crippen molar-refractivity contribution in [2.24, 2.45) is 11.8 Å². The molecule has 3 heterocycles. The Morgan fingerprint density at radius 2 is 1.91 bits per heavy atom. The minimum Gasteiger partial charge on any atom is -0.491 e. The molecule has 5 rings (SSSR count). The number of nitrogens with zero attached hydrogens (tertiary/aromatic N) is 2. The third-order valence-corrected chi connectivity index (χ3v) is 6.65. The number of rotatable bonds is 2. The fourth-order valence-electron chi connectivity index (χ4n) is 4.82. The zero-order valence-corrected chi connectivity index (χ0v) is 18.9. The van der Waals surface area contributed by atoms with Gasteiger partial charge in [-0.3, -0.25) is 9.78 Å². The van der Waals surface area contributed by atoms with Crippen molar-refractivity contribution in [3.05, 3.63) is 73.1 Å². The van der Waals surface area contributed by atoms with E-state index < -0.39 is 0 Å². The van der Waals surface area contributed by atoms with Crippen molar-refractivity contribution in [1.29, 1.82) is 0 Å². The largest absolute Gasteiger partial charge is 0.491 e. The third kappa shape index (κ3) is 5.03. The van der Waals surface area contributed by atoms with Crippen LogP contribution in [0.1, 0.15) is 19.3 Å². The monoisotopic (exact) mass is 456 g/mol. The number of ether oxygens (including phenoxy) is 1. The van der Waals surface area contributed by atoms with Crippen molar-refractivity contribution in [1.82, 2.24) is 9.88 Å². The lowest BCUT2D eigenvalue weighted by Gasteiger charge is -2.39. The number of likely N-dealkylation sites (tertiary alicyclic amines) is 1. The Hall–Kier alpha value is -3.87. The Morgan fingerprint density at radius 1 is 1.03 bits per heavy atom. The molecular weight excluding hydrogens is 428 g/mol. The molecule has 0 unspecified atom stereocenters. The van der Waals surface area contributed by atoms with Crippen LogP contribution in [0.3, 0.4) is 0 Å². The van der Waals surface area contributed by atoms with Crippen LogP contribution in [-0.4, -0.2) is 41.5 Å². The van der Waals surface area contributed by atoms with E-state index in [1.165, 1.54) is 0 Å². The first-order valence-corrected chi connectivity index (χ1v) is 11.7. The van der Waals surface area contributed by atoms with Crippen molar-refractivity contribution >= 4 is 23.3 Å². The summed E-state index contributed by atoms with van der Waals surface area (Å²) in [4.78, 5) is 31.6. The van der Waals surface area contributed by atoms with Gasteiger partial charge in [-0.05, 0) is 60.1 Å². The van der Waals surface area contributed by atoms with Gasteiger partial charge < -0.3 is 20.3 Å². The predicted molar refractivity (Wildman–Crippen MR) is 132 cm³/mol. The van der Waals surface area contributed by atoms with Gasteiger partial charge in [0.15, 0.2) is 0 Å². The molecule has 2 aromatic carbocycles. The first kappa shape index (κ1) is 21.9. The van der Waals surface area contributed by atoms with Gasteiger partial charge in [-0.25, -0.2) is 4.79 Å². The van der Waals surface area contributed by atoms with Gasteiger partial charge in [0.1, 0.15) is 5.75 Å². The Kier molecular flexibility index (Phi) is 6.42. The molecule has 34 heavy (non-hydrogen) atoms. The third-order valence-electron chi connectivity index (χ3n) is 6.65. The summed E-state index contributed by atoms with van der Waals surface area (Å²) in [6.07, 6.45) is 5.32. The fraction of sp³-hybridized carbons (Fsp3) is 0.296. The van der Waals surface area contributed by atoms with Gasteiger partial charge in [-0.15, -0.1) is 0 Å². The minimum absolute atomic E-state index is 0.0137. The summed E-state index contributed by atoms with van der Waals surface area (Å²) in [7, 11) is 0. The number of benzene rings is 2. The lowest BCUT2D eigenvalue weighted by Crippen LogP contribution is -2.46. The Morgan fingerprint density at radius 3 is 2.74 bits per heavy atom. The molecule has 0 bridgehead atoms. The summed E-state index contributed by atoms with van der Waals surface area (Å²) in [5, 5.41) is 5.99. The maximum atomic E-state index is 13.0. The maximum Gasteiger partial charge on any atom is 0.321 e. The number of amides is 3. The molecule has 0 aliphatic carbocycles. The molecule has 1 saturated heterocycles. The normalized spacial score (nSPS) is 20.2. The van der Waals surface area contributed by atoms with Crippen LogP contribution in [0, 0.1) is 11.8 Å². The molecule has 7 heteroatoms. The van der Waals surface area contributed by atoms with Gasteiger partial charge in [-0.1, -0.05) is 36.4 Å². The fourth-order valence-corrected chi connectivity index (χ4v) is 4.82. The number of piperidine rings is 1. The van der Waals surface area contributed by atoms with Gasteiger partial charge in [0.05, 0.1) is 24.2 Å². The summed E-state index contributed by atoms with van der Waals surface area (Å²) < 4.78 is 6.10. The van der Waals surface area contributed by atoms with Crippen LogP contribution in [0.4, 0.5) is 16.2 Å². The zero-order chi connectivity index (χ0) is 23.3. The van der Waals surface area contributed by atoms with E-state index in [9.17, 15) is 9.59 Å². The molecule has 2 aliphatic heterocycles. The minimum atomic E-state index is -0.132. The molecule has 0 radical (unpaired) electrons. The Balaban J connectivity index is 1.28. The lowest BCUT2D eigenvalue weighted by molar-refractivity contribution is -0.118. The number of pyridine rings is 1. The van der Waals surface area contributed by atoms with Crippen LogP contribution in [-0.2, 0) is 4.79 Å². The quantitative estimate of drug-likeness (QED) is 0.567. The number of hydrogen-bond acceptors (Lipinski definition) is 4. The second-order valence-electron chi connectivity index (χ2n) is 8.89. The van der Waals surface area contributed by atoms with Gasteiger partial charge in [0.2, 0.25) is 5.91 Å². The summed E-state index contributed by atoms with van der Waals surface area (Å²) in [6, 6.07) is 19.5. The molecule has 7 nitrogen and oxygen atoms in total. The van der Waals surface area contributed by atoms with Crippen molar-refractivity contribution in [2.45, 2.75) is 19.3 Å². The molecule has 2 aliphatic rings. The molecule has 0 saturated carbocycles. The Bertz CT molecular complexity index is 1150. The smallest absolute Gasteiger partial charge is 0.321 e. The van der Waals surface area contributed by atoms with E-state index in [1.807, 2.05) is 59.5 Å². The number of anilines is 2. The van der Waals surface area contributed by atoms with Crippen LogP contribution < -0.4 is 15.4 Å². The van der Waals surface area contributed by atoms with E-state index in [0.717, 1.165) is 24.0 Å². The van der Waals surface area contributed by atoms with Gasteiger partial charge in [0, 0.05) is 25.7 Å². The van der Waals surface area contributed by atoms with Crippen LogP contribution in [0.25, 0.3) is 11.1 Å². The van der Waals surface area contributed by atoms with Gasteiger partial charge in [0.25, 0.3) is 0 Å². The predicted octanol–water partition coefficient (Wildman–Crippen LogP) is 5.03. The van der Waals surface area contributed by atoms with E-state index in [-0.39, 0.29) is 23.8 Å². The van der Waals surface area contributed by atoms with E-state index in [2.05, 4.69) is 15.6 Å². The van der Waals surface area contributed by atoms with E-state index in [0.29, 0.717) is 43.2 Å². The molecular formula is C27H28N4O3. The molecule has 2 atom stereocenters. The SMILES string of the molecule is O=C1C[C@@H]2CCN(C(=O)Nc3cccnc3)C[C@@H]2CCOc2ccc(-c3ccccc3)cc2N1. The molecule has 174 valence electrons. The number of carbonyl (C=O) groups is 2. The number of urea groups is 1. The van der Waals surface area contributed by atoms with Crippen LogP contribution in [0.2, 0.25) is 0 Å². The standard InChI is InChI=1S/C27H28N4O3/c32-26-16-21-10-13-31(27(33)29-23-7-4-12-28-17-23)18-22(21)11-14-34-25-9-8-20(15-24(25)30-26)19-5-2-1-3-6-19/h1-9,12,15,17,21-22H,10-11,13-14,16,18H2,(H,29,33)(H,30,32)/t21-,22-/m0/s1. The topological polar surface area (TPSA) is 83.6 Å². The Labute approximate surface area is 199 Å². The number of nitrogens with one attached hydrogen (secondary N) is 2. The van der Waals surface area contributed by atoms with Gasteiger partial charge in [-0.2, -0.15) is 0 Å². The number of carbonyl (C=O) groups excluding carboxylic acids is 2. The first-order valence-electron chi connectivity index (χ1n) is 11.7. The van der Waals surface area contributed by atoms with Crippen molar-refractivity contribution < 1.29 is 14.3 Å². The maximum absolute atomic E-state index is 13.0. The molecule has 3 aromatic rings. The second-order valence-corrected chi connectivity index (χ2v) is 8.89. The molecule has 2 N–H and O–H groups in total. The van der Waals surface area contributed by atoms with Crippen molar-refractivity contribution in [3.8, 4) is 16.9 Å². The van der Waals surface area contributed by atoms with Crippen LogP contribution in [0.15, 0.2) is 73.1 Å². The average molecular weight is 457 g/mol. The summed E-state index contributed by atoms with van der Waals surface area (Å²) in [5.74, 6) is 1.07. The van der Waals surface area contributed by atoms with E-state index in [4.69, 9.17) is 4.74 Å². The van der Waals surface area contributed by atoms with Crippen molar-refractivity contribution in [3.63, 3.8) is 0 Å². The highest BCUT2D eigenvalue weighted by Crippen LogP contribution is 2.35.